The Morgan fingerprint density at radius 2 is 1.90 bits per heavy atom. The van der Waals surface area contributed by atoms with Gasteiger partial charge in [0.25, 0.3) is 0 Å². The van der Waals surface area contributed by atoms with Crippen LogP contribution in [0.1, 0.15) is 69.7 Å². The summed E-state index contributed by atoms with van der Waals surface area (Å²) in [7, 11) is 0. The van der Waals surface area contributed by atoms with E-state index in [0.29, 0.717) is 17.4 Å². The van der Waals surface area contributed by atoms with Gasteiger partial charge in [-0.2, -0.15) is 0 Å². The van der Waals surface area contributed by atoms with Gasteiger partial charge in [-0.3, -0.25) is 0 Å². The van der Waals surface area contributed by atoms with E-state index >= 15 is 0 Å². The van der Waals surface area contributed by atoms with E-state index in [1.54, 1.807) is 0 Å². The molecule has 1 aromatic carbocycles. The summed E-state index contributed by atoms with van der Waals surface area (Å²) >= 11 is 0. The van der Waals surface area contributed by atoms with E-state index in [4.69, 9.17) is 0 Å². The summed E-state index contributed by atoms with van der Waals surface area (Å²) in [5.41, 5.74) is 6.76. The van der Waals surface area contributed by atoms with Crippen molar-refractivity contribution in [1.29, 1.82) is 0 Å². The molecule has 1 unspecified atom stereocenters. The minimum Gasteiger partial charge on any atom is -0.354 e. The molecule has 2 nitrogen and oxygen atoms in total. The van der Waals surface area contributed by atoms with Crippen molar-refractivity contribution in [2.45, 2.75) is 65.7 Å². The lowest BCUT2D eigenvalue weighted by atomic mass is 9.89. The summed E-state index contributed by atoms with van der Waals surface area (Å²) in [6.45, 7) is 14.5. The molecule has 2 N–H and O–H groups in total. The molecule has 31 heavy (non-hydrogen) atoms. The number of halogens is 2. The van der Waals surface area contributed by atoms with Gasteiger partial charge in [-0.25, -0.2) is 8.78 Å². The maximum Gasteiger partial charge on any atom is 0.242 e. The van der Waals surface area contributed by atoms with Gasteiger partial charge in [-0.15, -0.1) is 0 Å². The Morgan fingerprint density at radius 1 is 1.19 bits per heavy atom. The molecule has 1 aromatic heterocycles. The van der Waals surface area contributed by atoms with Crippen LogP contribution in [0.25, 0.3) is 16.5 Å². The van der Waals surface area contributed by atoms with Crippen LogP contribution in [-0.4, -0.2) is 24.5 Å². The first-order valence-corrected chi connectivity index (χ1v) is 11.5. The molecule has 4 heteroatoms. The van der Waals surface area contributed by atoms with Crippen molar-refractivity contribution in [3.8, 4) is 0 Å². The SMILES string of the molecule is C=C(C)/C=C(\C=C(\C)C(C)CC)c1[nH]c2ccc(C3CCNCC3)cc2c1CC(F)F. The number of hydrogen-bond acceptors (Lipinski definition) is 1. The van der Waals surface area contributed by atoms with Gasteiger partial charge < -0.3 is 10.3 Å². The smallest absolute Gasteiger partial charge is 0.242 e. The second kappa shape index (κ2) is 10.4. The predicted octanol–water partition coefficient (Wildman–Crippen LogP) is 7.39. The Labute approximate surface area is 185 Å². The minimum absolute atomic E-state index is 0.255. The van der Waals surface area contributed by atoms with Crippen molar-refractivity contribution in [2.75, 3.05) is 13.1 Å². The number of alkyl halides is 2. The van der Waals surface area contributed by atoms with Crippen LogP contribution in [0.2, 0.25) is 0 Å². The maximum absolute atomic E-state index is 13.7. The van der Waals surface area contributed by atoms with Crippen LogP contribution in [0.4, 0.5) is 8.78 Å². The highest BCUT2D eigenvalue weighted by Crippen LogP contribution is 2.35. The van der Waals surface area contributed by atoms with E-state index in [9.17, 15) is 8.78 Å². The molecule has 0 spiro atoms. The van der Waals surface area contributed by atoms with Crippen LogP contribution >= 0.6 is 0 Å². The van der Waals surface area contributed by atoms with E-state index in [0.717, 1.165) is 60.1 Å². The third-order valence-electron chi connectivity index (χ3n) is 6.56. The molecule has 0 amide bonds. The Balaban J connectivity index is 2.15. The van der Waals surface area contributed by atoms with Gasteiger partial charge in [-0.1, -0.05) is 49.8 Å². The summed E-state index contributed by atoms with van der Waals surface area (Å²) < 4.78 is 27.3. The van der Waals surface area contributed by atoms with E-state index < -0.39 is 6.43 Å². The Bertz CT molecular complexity index is 975. The number of hydrogen-bond donors (Lipinski definition) is 2. The number of benzene rings is 1. The third-order valence-corrected chi connectivity index (χ3v) is 6.56. The molecule has 0 saturated carbocycles. The van der Waals surface area contributed by atoms with E-state index in [1.807, 2.05) is 13.0 Å². The molecule has 0 bridgehead atoms. The third kappa shape index (κ3) is 5.74. The quantitative estimate of drug-likeness (QED) is 0.423. The largest absolute Gasteiger partial charge is 0.354 e. The number of aromatic nitrogens is 1. The average Bonchev–Trinajstić information content (AvgIpc) is 3.10. The Morgan fingerprint density at radius 3 is 2.52 bits per heavy atom. The number of allylic oxidation sites excluding steroid dienone is 5. The van der Waals surface area contributed by atoms with E-state index in [-0.39, 0.29) is 6.42 Å². The second-order valence-electron chi connectivity index (χ2n) is 9.05. The summed E-state index contributed by atoms with van der Waals surface area (Å²) in [5.74, 6) is 0.921. The first kappa shape index (κ1) is 23.5. The van der Waals surface area contributed by atoms with Gasteiger partial charge in [0.05, 0.1) is 0 Å². The van der Waals surface area contributed by atoms with Gasteiger partial charge in [0.1, 0.15) is 0 Å². The number of nitrogens with one attached hydrogen (secondary N) is 2. The number of rotatable bonds is 8. The zero-order chi connectivity index (χ0) is 22.5. The molecule has 3 rings (SSSR count). The summed E-state index contributed by atoms with van der Waals surface area (Å²) in [6, 6.07) is 6.37. The fourth-order valence-electron chi connectivity index (χ4n) is 4.45. The highest BCUT2D eigenvalue weighted by Gasteiger charge is 2.21. The van der Waals surface area contributed by atoms with E-state index in [2.05, 4.69) is 61.9 Å². The molecule has 2 heterocycles. The highest BCUT2D eigenvalue weighted by atomic mass is 19.3. The average molecular weight is 427 g/mol. The molecular formula is C27H36F2N2. The lowest BCUT2D eigenvalue weighted by Crippen LogP contribution is -2.26. The second-order valence-corrected chi connectivity index (χ2v) is 9.05. The van der Waals surface area contributed by atoms with Gasteiger partial charge in [-0.05, 0) is 86.9 Å². The topological polar surface area (TPSA) is 27.8 Å². The molecule has 1 aliphatic rings. The van der Waals surface area contributed by atoms with Crippen LogP contribution in [0.3, 0.4) is 0 Å². The van der Waals surface area contributed by atoms with Crippen molar-refractivity contribution >= 4 is 16.5 Å². The van der Waals surface area contributed by atoms with Crippen molar-refractivity contribution in [3.05, 3.63) is 64.9 Å². The summed E-state index contributed by atoms with van der Waals surface area (Å²) in [5, 5.41) is 4.33. The summed E-state index contributed by atoms with van der Waals surface area (Å²) in [6.07, 6.45) is 4.70. The molecule has 1 atom stereocenters. The van der Waals surface area contributed by atoms with Crippen molar-refractivity contribution in [1.82, 2.24) is 10.3 Å². The monoisotopic (exact) mass is 426 g/mol. The van der Waals surface area contributed by atoms with Crippen molar-refractivity contribution in [3.63, 3.8) is 0 Å². The standard InChI is InChI=1S/C27H36F2N2/c1-6-18(4)19(5)14-22(13-17(2)3)27-24(16-26(28)29)23-15-21(7-8-25(23)31-27)20-9-11-30-12-10-20/h7-8,13-15,18,20,26,30-31H,2,6,9-12,16H2,1,3-5H3/b19-14-,22-13+. The zero-order valence-corrected chi connectivity index (χ0v) is 19.3. The van der Waals surface area contributed by atoms with Crippen molar-refractivity contribution < 1.29 is 8.78 Å². The number of fused-ring (bicyclic) bond motifs is 1. The fourth-order valence-corrected chi connectivity index (χ4v) is 4.45. The van der Waals surface area contributed by atoms with Gasteiger partial charge >= 0.3 is 0 Å². The van der Waals surface area contributed by atoms with Gasteiger partial charge in [0, 0.05) is 23.0 Å². The molecule has 0 aliphatic carbocycles. The number of piperidine rings is 1. The van der Waals surface area contributed by atoms with Crippen LogP contribution in [0.15, 0.2) is 48.1 Å². The van der Waals surface area contributed by atoms with Gasteiger partial charge in [0.15, 0.2) is 0 Å². The first-order valence-electron chi connectivity index (χ1n) is 11.5. The van der Waals surface area contributed by atoms with Crippen LogP contribution in [0, 0.1) is 5.92 Å². The minimum atomic E-state index is -2.40. The lowest BCUT2D eigenvalue weighted by molar-refractivity contribution is 0.149. The van der Waals surface area contributed by atoms with Crippen LogP contribution in [-0.2, 0) is 6.42 Å². The first-order chi connectivity index (χ1) is 14.8. The molecule has 1 aliphatic heterocycles. The van der Waals surface area contributed by atoms with Crippen LogP contribution in [0.5, 0.6) is 0 Å². The molecule has 1 fully saturated rings. The van der Waals surface area contributed by atoms with Gasteiger partial charge in [0.2, 0.25) is 6.43 Å². The lowest BCUT2D eigenvalue weighted by Gasteiger charge is -2.23. The normalized spacial score (nSPS) is 17.5. The Hall–Kier alpha value is -2.20. The zero-order valence-electron chi connectivity index (χ0n) is 19.3. The molecule has 2 aromatic rings. The summed E-state index contributed by atoms with van der Waals surface area (Å²) in [4.78, 5) is 3.47. The molecule has 168 valence electrons. The predicted molar refractivity (Wildman–Crippen MR) is 129 cm³/mol. The van der Waals surface area contributed by atoms with Crippen molar-refractivity contribution in [2.24, 2.45) is 5.92 Å². The van der Waals surface area contributed by atoms with E-state index in [1.165, 1.54) is 11.1 Å². The highest BCUT2D eigenvalue weighted by molar-refractivity contribution is 5.92. The fraction of sp³-hybridized carbons (Fsp3) is 0.481. The number of aromatic amines is 1. The number of H-pyrrole nitrogens is 1. The Kier molecular flexibility index (Phi) is 7.88. The molecule has 1 saturated heterocycles. The molecule has 0 radical (unpaired) electrons. The molecular weight excluding hydrogens is 390 g/mol. The maximum atomic E-state index is 13.7. The van der Waals surface area contributed by atoms with Crippen LogP contribution < -0.4 is 5.32 Å².